The summed E-state index contributed by atoms with van der Waals surface area (Å²) in [5.41, 5.74) is 8.88. The molecule has 9 nitrogen and oxygen atoms in total. The molecule has 0 fully saturated rings. The number of ether oxygens (including phenoxy) is 1. The Labute approximate surface area is 239 Å². The zero-order chi connectivity index (χ0) is 27.7. The predicted molar refractivity (Wildman–Crippen MR) is 152 cm³/mol. The number of hydrogen-bond donors (Lipinski definition) is 3. The van der Waals surface area contributed by atoms with E-state index in [-0.39, 0.29) is 6.61 Å². The standard InChI is InChI=1S/C28H28BrN5O4S/c1-16-13-21-20-11-7-8-12-22(20)28(23(21)24(29)25(16)39-15-19-9-5-4-6-10-19)31-32-33-34(28)17(2)14-38-27(37)30-18(3)26(35)36/h4-13,17-18H,14-15H2,1-3H3,(H,30,37)(H,31,33)(H,35,36)/t17?,18-,28?/m0/s1. The van der Waals surface area contributed by atoms with Gasteiger partial charge in [0.1, 0.15) is 12.6 Å². The monoisotopic (exact) mass is 609 g/mol. The first-order valence-electron chi connectivity index (χ1n) is 12.5. The van der Waals surface area contributed by atoms with E-state index in [2.05, 4.69) is 74.4 Å². The fourth-order valence-electron chi connectivity index (χ4n) is 4.98. The summed E-state index contributed by atoms with van der Waals surface area (Å²) in [6.45, 7) is 5.35. The molecule has 3 aromatic rings. The first-order chi connectivity index (χ1) is 18.7. The summed E-state index contributed by atoms with van der Waals surface area (Å²) in [5.74, 6) is -0.323. The largest absolute Gasteiger partial charge is 0.480 e. The van der Waals surface area contributed by atoms with Gasteiger partial charge in [-0.2, -0.15) is 0 Å². The maximum atomic E-state index is 12.2. The van der Waals surface area contributed by atoms with Crippen LogP contribution in [0.4, 0.5) is 4.79 Å². The molecule has 0 bridgehead atoms. The van der Waals surface area contributed by atoms with Crippen LogP contribution in [0.1, 0.15) is 36.1 Å². The average Bonchev–Trinajstić information content (AvgIpc) is 3.48. The molecular weight excluding hydrogens is 582 g/mol. The minimum Gasteiger partial charge on any atom is -0.480 e. The van der Waals surface area contributed by atoms with Gasteiger partial charge in [0.2, 0.25) is 0 Å². The smallest absolute Gasteiger partial charge is 0.407 e. The highest BCUT2D eigenvalue weighted by atomic mass is 79.9. The molecule has 1 aliphatic carbocycles. The second-order valence-electron chi connectivity index (χ2n) is 9.59. The highest BCUT2D eigenvalue weighted by Gasteiger charge is 2.54. The lowest BCUT2D eigenvalue weighted by Crippen LogP contribution is -2.53. The number of aliphatic carboxylic acids is 1. The molecule has 2 unspecified atom stereocenters. The lowest BCUT2D eigenvalue weighted by molar-refractivity contribution is -0.138. The number of benzene rings is 3. The topological polar surface area (TPSA) is 116 Å². The van der Waals surface area contributed by atoms with Crippen LogP contribution >= 0.6 is 27.7 Å². The first kappa shape index (κ1) is 27.0. The molecule has 0 saturated heterocycles. The van der Waals surface area contributed by atoms with Gasteiger partial charge in [-0.1, -0.05) is 65.0 Å². The normalized spacial score (nSPS) is 18.3. The number of carbonyl (C=O) groups excluding carboxylic acids is 1. The third-order valence-corrected chi connectivity index (χ3v) is 9.22. The highest BCUT2D eigenvalue weighted by molar-refractivity contribution is 9.10. The molecule has 11 heteroatoms. The van der Waals surface area contributed by atoms with Crippen LogP contribution in [-0.4, -0.2) is 40.9 Å². The third-order valence-electron chi connectivity index (χ3n) is 6.88. The molecule has 2 aliphatic rings. The Kier molecular flexibility index (Phi) is 7.55. The van der Waals surface area contributed by atoms with E-state index in [1.165, 1.54) is 12.5 Å². The SMILES string of the molecule is Cc1cc2c(c(Br)c1SCc1ccccc1)C1(NN=NN1C(C)COC(=O)N[C@@H](C)C(=O)O)c1ccccc1-2. The van der Waals surface area contributed by atoms with E-state index in [0.29, 0.717) is 0 Å². The molecule has 3 atom stereocenters. The van der Waals surface area contributed by atoms with E-state index < -0.39 is 29.8 Å². The van der Waals surface area contributed by atoms with Crippen molar-refractivity contribution in [2.45, 2.75) is 49.2 Å². The number of fused-ring (bicyclic) bond motifs is 5. The van der Waals surface area contributed by atoms with Crippen molar-refractivity contribution >= 4 is 39.8 Å². The Morgan fingerprint density at radius 3 is 2.62 bits per heavy atom. The van der Waals surface area contributed by atoms with Crippen LogP contribution in [0.2, 0.25) is 0 Å². The summed E-state index contributed by atoms with van der Waals surface area (Å²) < 4.78 is 6.33. The number of nitrogens with one attached hydrogen (secondary N) is 2. The van der Waals surface area contributed by atoms with Crippen LogP contribution < -0.4 is 10.7 Å². The van der Waals surface area contributed by atoms with Crippen molar-refractivity contribution < 1.29 is 19.4 Å². The minimum absolute atomic E-state index is 0.0305. The molecule has 39 heavy (non-hydrogen) atoms. The molecule has 1 aliphatic heterocycles. The Hall–Kier alpha value is -3.57. The van der Waals surface area contributed by atoms with E-state index in [1.807, 2.05) is 42.3 Å². The van der Waals surface area contributed by atoms with Crippen molar-refractivity contribution in [3.63, 3.8) is 0 Å². The molecule has 3 aromatic carbocycles. The van der Waals surface area contributed by atoms with Crippen molar-refractivity contribution in [1.29, 1.82) is 0 Å². The number of thioether (sulfide) groups is 1. The number of halogens is 1. The molecule has 1 heterocycles. The zero-order valence-electron chi connectivity index (χ0n) is 21.6. The van der Waals surface area contributed by atoms with Gasteiger partial charge in [0.05, 0.1) is 6.04 Å². The number of hydrogen-bond acceptors (Lipinski definition) is 8. The predicted octanol–water partition coefficient (Wildman–Crippen LogP) is 6.01. The van der Waals surface area contributed by atoms with Gasteiger partial charge in [-0.15, -0.1) is 11.8 Å². The second-order valence-corrected chi connectivity index (χ2v) is 11.4. The number of carbonyl (C=O) groups is 2. The summed E-state index contributed by atoms with van der Waals surface area (Å²) in [7, 11) is 0. The molecule has 0 radical (unpaired) electrons. The van der Waals surface area contributed by atoms with E-state index >= 15 is 0 Å². The van der Waals surface area contributed by atoms with Gasteiger partial charge >= 0.3 is 12.1 Å². The van der Waals surface area contributed by atoms with Crippen molar-refractivity contribution in [3.05, 3.63) is 87.4 Å². The van der Waals surface area contributed by atoms with Gasteiger partial charge in [-0.3, -0.25) is 10.2 Å². The quantitative estimate of drug-likeness (QED) is 0.268. The Bertz CT molecular complexity index is 1450. The summed E-state index contributed by atoms with van der Waals surface area (Å²) in [6, 6.07) is 19.2. The van der Waals surface area contributed by atoms with E-state index in [9.17, 15) is 9.59 Å². The maximum absolute atomic E-state index is 12.2. The Balaban J connectivity index is 1.49. The molecule has 1 amide bonds. The molecule has 202 valence electrons. The van der Waals surface area contributed by atoms with Gasteiger partial charge in [-0.05, 0) is 65.0 Å². The van der Waals surface area contributed by atoms with Crippen LogP contribution in [0.25, 0.3) is 11.1 Å². The van der Waals surface area contributed by atoms with Crippen molar-refractivity contribution in [1.82, 2.24) is 15.8 Å². The Morgan fingerprint density at radius 2 is 1.87 bits per heavy atom. The number of rotatable bonds is 8. The summed E-state index contributed by atoms with van der Waals surface area (Å²) in [5, 5.41) is 21.9. The zero-order valence-corrected chi connectivity index (χ0v) is 24.0. The lowest BCUT2D eigenvalue weighted by Gasteiger charge is -2.38. The fourth-order valence-corrected chi connectivity index (χ4v) is 7.16. The van der Waals surface area contributed by atoms with Gasteiger partial charge in [0.25, 0.3) is 0 Å². The summed E-state index contributed by atoms with van der Waals surface area (Å²) >= 11 is 5.72. The van der Waals surface area contributed by atoms with Crippen molar-refractivity contribution in [2.75, 3.05) is 6.61 Å². The van der Waals surface area contributed by atoms with Gasteiger partial charge < -0.3 is 15.2 Å². The molecule has 3 N–H and O–H groups in total. The molecule has 0 aromatic heterocycles. The second kappa shape index (κ2) is 10.9. The maximum Gasteiger partial charge on any atom is 0.407 e. The van der Waals surface area contributed by atoms with Crippen LogP contribution in [0.5, 0.6) is 0 Å². The van der Waals surface area contributed by atoms with Crippen molar-refractivity contribution in [3.8, 4) is 11.1 Å². The van der Waals surface area contributed by atoms with Gasteiger partial charge in [0.15, 0.2) is 5.66 Å². The number of nitrogens with zero attached hydrogens (tertiary/aromatic N) is 3. The number of carboxylic acid groups (broad SMARTS) is 1. The summed E-state index contributed by atoms with van der Waals surface area (Å²) in [6.07, 6.45) is -0.807. The number of carboxylic acids is 1. The minimum atomic E-state index is -1.14. The van der Waals surface area contributed by atoms with Crippen LogP contribution in [0.3, 0.4) is 0 Å². The molecule has 0 saturated carbocycles. The number of amides is 1. The van der Waals surface area contributed by atoms with E-state index in [4.69, 9.17) is 9.84 Å². The van der Waals surface area contributed by atoms with E-state index in [0.717, 1.165) is 42.9 Å². The third kappa shape index (κ3) is 4.85. The van der Waals surface area contributed by atoms with Crippen molar-refractivity contribution in [2.24, 2.45) is 10.4 Å². The summed E-state index contributed by atoms with van der Waals surface area (Å²) in [4.78, 5) is 24.4. The number of alkyl carbamates (subject to hydrolysis) is 1. The lowest BCUT2D eigenvalue weighted by atomic mass is 9.95. The van der Waals surface area contributed by atoms with Crippen LogP contribution in [-0.2, 0) is 20.9 Å². The average molecular weight is 611 g/mol. The highest BCUT2D eigenvalue weighted by Crippen LogP contribution is 2.56. The van der Waals surface area contributed by atoms with Crippen LogP contribution in [0, 0.1) is 6.92 Å². The molecule has 5 rings (SSSR count). The van der Waals surface area contributed by atoms with Crippen LogP contribution in [0.15, 0.2) is 80.5 Å². The number of aryl methyl sites for hydroxylation is 1. The molecule has 1 spiro atoms. The van der Waals surface area contributed by atoms with E-state index in [1.54, 1.807) is 11.8 Å². The molecular formula is C28H28BrN5O4S. The van der Waals surface area contributed by atoms with Gasteiger partial charge in [0, 0.05) is 26.2 Å². The Morgan fingerprint density at radius 1 is 1.15 bits per heavy atom. The fraction of sp³-hybridized carbons (Fsp3) is 0.286. The first-order valence-corrected chi connectivity index (χ1v) is 14.2. The van der Waals surface area contributed by atoms with Gasteiger partial charge in [-0.25, -0.2) is 9.80 Å².